The third-order valence-electron chi connectivity index (χ3n) is 1.82. The Morgan fingerprint density at radius 3 is 3.40 bits per heavy atom. The fourth-order valence-electron chi connectivity index (χ4n) is 1.22. The van der Waals surface area contributed by atoms with Crippen molar-refractivity contribution >= 4 is 23.8 Å². The maximum absolute atomic E-state index is 10.3. The van der Waals surface area contributed by atoms with E-state index < -0.39 is 0 Å². The van der Waals surface area contributed by atoms with Crippen molar-refractivity contribution in [3.63, 3.8) is 0 Å². The summed E-state index contributed by atoms with van der Waals surface area (Å²) in [5.74, 6) is 2.25. The Morgan fingerprint density at radius 1 is 1.70 bits per heavy atom. The molecule has 4 heteroatoms. The second-order valence-electron chi connectivity index (χ2n) is 2.42. The van der Waals surface area contributed by atoms with Crippen LogP contribution in [0.1, 0.15) is 0 Å². The number of aldehydes is 1. The first kappa shape index (κ1) is 6.22. The van der Waals surface area contributed by atoms with Crippen LogP contribution in [0.3, 0.4) is 0 Å². The third-order valence-corrected chi connectivity index (χ3v) is 2.98. The highest BCUT2D eigenvalue weighted by Gasteiger charge is 2.38. The molecule has 2 heterocycles. The Bertz CT molecular complexity index is 192. The summed E-state index contributed by atoms with van der Waals surface area (Å²) in [4.78, 5) is 15.3. The Kier molecular flexibility index (Phi) is 1.41. The number of fused-ring (bicyclic) bond motifs is 1. The molecule has 1 fully saturated rings. The highest BCUT2D eigenvalue weighted by molar-refractivity contribution is 7.99. The molecule has 2 rings (SSSR count). The lowest BCUT2D eigenvalue weighted by Gasteiger charge is -2.02. The fourth-order valence-corrected chi connectivity index (χ4v) is 2.52. The Balaban J connectivity index is 2.17. The SMILES string of the molecule is O=CC1=NOC2CSCC12. The van der Waals surface area contributed by atoms with Crippen molar-refractivity contribution in [2.75, 3.05) is 11.5 Å². The molecule has 2 atom stereocenters. The van der Waals surface area contributed by atoms with Gasteiger partial charge >= 0.3 is 0 Å². The predicted molar refractivity (Wildman–Crippen MR) is 39.2 cm³/mol. The second kappa shape index (κ2) is 2.27. The van der Waals surface area contributed by atoms with Crippen LogP contribution in [0.2, 0.25) is 0 Å². The Labute approximate surface area is 62.8 Å². The molecule has 0 radical (unpaired) electrons. The first-order valence-electron chi connectivity index (χ1n) is 3.18. The molecular formula is C6H7NO2S. The molecule has 0 bridgehead atoms. The zero-order valence-electron chi connectivity index (χ0n) is 5.32. The van der Waals surface area contributed by atoms with Gasteiger partial charge in [-0.1, -0.05) is 5.16 Å². The van der Waals surface area contributed by atoms with Crippen LogP contribution in [0.15, 0.2) is 5.16 Å². The van der Waals surface area contributed by atoms with Gasteiger partial charge in [0.15, 0.2) is 6.29 Å². The molecular weight excluding hydrogens is 150 g/mol. The van der Waals surface area contributed by atoms with E-state index in [1.165, 1.54) is 0 Å². The van der Waals surface area contributed by atoms with Crippen LogP contribution in [0.4, 0.5) is 0 Å². The average Bonchev–Trinajstić information content (AvgIpc) is 2.44. The summed E-state index contributed by atoms with van der Waals surface area (Å²) >= 11 is 1.82. The maximum Gasteiger partial charge on any atom is 0.168 e. The molecule has 0 aromatic carbocycles. The zero-order chi connectivity index (χ0) is 6.97. The van der Waals surface area contributed by atoms with Gasteiger partial charge in [-0.25, -0.2) is 0 Å². The largest absolute Gasteiger partial charge is 0.391 e. The smallest absolute Gasteiger partial charge is 0.168 e. The van der Waals surface area contributed by atoms with Gasteiger partial charge in [0, 0.05) is 11.5 Å². The molecule has 0 saturated carbocycles. The molecule has 2 aliphatic heterocycles. The van der Waals surface area contributed by atoms with Gasteiger partial charge in [0.25, 0.3) is 0 Å². The summed E-state index contributed by atoms with van der Waals surface area (Å²) in [7, 11) is 0. The van der Waals surface area contributed by atoms with Crippen molar-refractivity contribution < 1.29 is 9.63 Å². The molecule has 0 spiro atoms. The minimum Gasteiger partial charge on any atom is -0.391 e. The summed E-state index contributed by atoms with van der Waals surface area (Å²) in [5, 5.41) is 3.67. The number of carbonyl (C=O) groups is 1. The van der Waals surface area contributed by atoms with E-state index in [4.69, 9.17) is 4.84 Å². The molecule has 0 aromatic rings. The molecule has 0 N–H and O–H groups in total. The van der Waals surface area contributed by atoms with Gasteiger partial charge in [-0.3, -0.25) is 4.79 Å². The van der Waals surface area contributed by atoms with Crippen LogP contribution in [-0.2, 0) is 9.63 Å². The standard InChI is InChI=1S/C6H7NO2S/c8-1-5-4-2-10-3-6(4)9-7-5/h1,4,6H,2-3H2. The summed E-state index contributed by atoms with van der Waals surface area (Å²) in [6.07, 6.45) is 0.987. The summed E-state index contributed by atoms with van der Waals surface area (Å²) in [6.45, 7) is 0. The number of rotatable bonds is 1. The number of oxime groups is 1. The molecule has 0 amide bonds. The molecule has 0 aromatic heterocycles. The number of hydrogen-bond donors (Lipinski definition) is 0. The van der Waals surface area contributed by atoms with Crippen molar-refractivity contribution in [1.29, 1.82) is 0 Å². The van der Waals surface area contributed by atoms with Crippen molar-refractivity contribution in [3.8, 4) is 0 Å². The average molecular weight is 157 g/mol. The van der Waals surface area contributed by atoms with E-state index in [0.29, 0.717) is 5.71 Å². The molecule has 2 aliphatic rings. The molecule has 10 heavy (non-hydrogen) atoms. The van der Waals surface area contributed by atoms with Gasteiger partial charge in [0.05, 0.1) is 5.92 Å². The van der Waals surface area contributed by atoms with E-state index in [9.17, 15) is 4.79 Å². The van der Waals surface area contributed by atoms with E-state index in [1.54, 1.807) is 0 Å². The topological polar surface area (TPSA) is 38.7 Å². The third kappa shape index (κ3) is 0.751. The molecule has 0 aliphatic carbocycles. The highest BCUT2D eigenvalue weighted by Crippen LogP contribution is 2.31. The quantitative estimate of drug-likeness (QED) is 0.514. The normalized spacial score (nSPS) is 36.6. The highest BCUT2D eigenvalue weighted by atomic mass is 32.2. The van der Waals surface area contributed by atoms with Gasteiger partial charge in [-0.05, 0) is 0 Å². The van der Waals surface area contributed by atoms with E-state index in [0.717, 1.165) is 17.8 Å². The number of thioether (sulfide) groups is 1. The fraction of sp³-hybridized carbons (Fsp3) is 0.667. The predicted octanol–water partition coefficient (Wildman–Crippen LogP) is 0.303. The molecule has 54 valence electrons. The molecule has 2 unspecified atom stereocenters. The minimum atomic E-state index is 0.185. The van der Waals surface area contributed by atoms with Gasteiger partial charge < -0.3 is 4.84 Å². The van der Waals surface area contributed by atoms with Crippen LogP contribution < -0.4 is 0 Å². The Hall–Kier alpha value is -0.510. The van der Waals surface area contributed by atoms with Crippen LogP contribution in [0.5, 0.6) is 0 Å². The maximum atomic E-state index is 10.3. The van der Waals surface area contributed by atoms with Gasteiger partial charge in [-0.15, -0.1) is 0 Å². The van der Waals surface area contributed by atoms with E-state index in [2.05, 4.69) is 5.16 Å². The Morgan fingerprint density at radius 2 is 2.60 bits per heavy atom. The van der Waals surface area contributed by atoms with Crippen molar-refractivity contribution in [2.24, 2.45) is 11.1 Å². The lowest BCUT2D eigenvalue weighted by molar-refractivity contribution is -0.102. The molecule has 3 nitrogen and oxygen atoms in total. The van der Waals surface area contributed by atoms with E-state index in [-0.39, 0.29) is 12.0 Å². The van der Waals surface area contributed by atoms with Crippen molar-refractivity contribution in [2.45, 2.75) is 6.10 Å². The minimum absolute atomic E-state index is 0.185. The first-order valence-corrected chi connectivity index (χ1v) is 4.34. The molecule has 1 saturated heterocycles. The second-order valence-corrected chi connectivity index (χ2v) is 3.50. The van der Waals surface area contributed by atoms with Crippen molar-refractivity contribution in [3.05, 3.63) is 0 Å². The van der Waals surface area contributed by atoms with Gasteiger partial charge in [0.1, 0.15) is 11.8 Å². The first-order chi connectivity index (χ1) is 4.92. The lowest BCUT2D eigenvalue weighted by atomic mass is 10.0. The number of nitrogens with zero attached hydrogens (tertiary/aromatic N) is 1. The number of carbonyl (C=O) groups excluding carboxylic acids is 1. The van der Waals surface area contributed by atoms with Crippen LogP contribution in [0.25, 0.3) is 0 Å². The summed E-state index contributed by atoms with van der Waals surface area (Å²) in [5.41, 5.74) is 0.593. The zero-order valence-corrected chi connectivity index (χ0v) is 6.13. The van der Waals surface area contributed by atoms with Crippen molar-refractivity contribution in [1.82, 2.24) is 0 Å². The lowest BCUT2D eigenvalue weighted by Crippen LogP contribution is -2.21. The number of hydrogen-bond acceptors (Lipinski definition) is 4. The van der Waals surface area contributed by atoms with Gasteiger partial charge in [-0.2, -0.15) is 11.8 Å². The van der Waals surface area contributed by atoms with Crippen LogP contribution in [0, 0.1) is 5.92 Å². The van der Waals surface area contributed by atoms with Crippen LogP contribution in [-0.4, -0.2) is 29.6 Å². The van der Waals surface area contributed by atoms with Gasteiger partial charge in [0.2, 0.25) is 0 Å². The summed E-state index contributed by atoms with van der Waals surface area (Å²) < 4.78 is 0. The summed E-state index contributed by atoms with van der Waals surface area (Å²) in [6, 6.07) is 0. The monoisotopic (exact) mass is 157 g/mol. The van der Waals surface area contributed by atoms with E-state index in [1.807, 2.05) is 11.8 Å². The van der Waals surface area contributed by atoms with Crippen LogP contribution >= 0.6 is 11.8 Å². The van der Waals surface area contributed by atoms with E-state index >= 15 is 0 Å².